The van der Waals surface area contributed by atoms with Crippen molar-refractivity contribution in [2.75, 3.05) is 39.6 Å². The average molecular weight is 1430 g/mol. The molecular weight excluding hydrogens is 1290 g/mol. The molecule has 3 aliphatic carbocycles. The van der Waals surface area contributed by atoms with Gasteiger partial charge in [-0.1, -0.05) is 176 Å². The number of hydrogen-bond acceptors (Lipinski definition) is 6. The molecule has 12 heteroatoms. The summed E-state index contributed by atoms with van der Waals surface area (Å²) in [4.78, 5) is 0. The van der Waals surface area contributed by atoms with Gasteiger partial charge in [0.25, 0.3) is 0 Å². The molecule has 0 radical (unpaired) electrons. The highest BCUT2D eigenvalue weighted by Gasteiger charge is 2.18. The van der Waals surface area contributed by atoms with Crippen LogP contribution in [0, 0.1) is 151 Å². The first-order valence-corrected chi connectivity index (χ1v) is 38.3. The fraction of sp³-hybridized carbons (Fsp3) is 0.622. The van der Waals surface area contributed by atoms with Crippen LogP contribution in [0.25, 0.3) is 0 Å². The molecule has 12 rings (SSSR count). The fourth-order valence-corrected chi connectivity index (χ4v) is 10.6. The van der Waals surface area contributed by atoms with Crippen LogP contribution >= 0.6 is 0 Å². The first kappa shape index (κ1) is 94.9. The lowest BCUT2D eigenvalue weighted by Gasteiger charge is -2.24. The largest absolute Gasteiger partial charge is 0.378 e. The van der Waals surface area contributed by atoms with Crippen molar-refractivity contribution in [2.45, 2.75) is 281 Å². The van der Waals surface area contributed by atoms with E-state index >= 15 is 0 Å². The molecule has 5 aromatic rings. The zero-order valence-electron chi connectivity index (χ0n) is 68.0. The second kappa shape index (κ2) is 53.6. The van der Waals surface area contributed by atoms with Crippen molar-refractivity contribution in [3.8, 4) is 0 Å². The Hall–Kier alpha value is -5.08. The van der Waals surface area contributed by atoms with E-state index in [9.17, 15) is 26.3 Å². The van der Waals surface area contributed by atoms with Crippen molar-refractivity contribution < 1.29 is 54.8 Å². The molecule has 0 aromatic heterocycles. The molecule has 578 valence electrons. The van der Waals surface area contributed by atoms with Crippen LogP contribution in [0.4, 0.5) is 26.3 Å². The van der Waals surface area contributed by atoms with Gasteiger partial charge in [-0.15, -0.1) is 0 Å². The van der Waals surface area contributed by atoms with Crippen molar-refractivity contribution in [3.05, 3.63) is 199 Å². The standard InChI is InChI=1S/2C8H8F2.2C8H9F.C8H16.2C8H14.C8H10.2C7H14O.2C6H12O2/c1-5-3-7(9)6(2)8(10)4-5;1-5-3-4-6(2)8(10)7(5)9;2*1-6-3-4-7(2)8(9)5-6;4*1-7-3-5-8(2)6-4-7;2*1-6-3-4-7(2)8-5-6;2*1-5-3-7-6(2)8-4-5/h2*3-4H,1-2H3;2*3-5H,1-2H3;7-8H,3-6H2,1-2H3;2*3,8H,4-6H2,1-2H3;3-6H,1-2H3;2*6-7H,3-5H2,1-2H3;2*5-6H,3-4H2,1-2H3. The van der Waals surface area contributed by atoms with Gasteiger partial charge in [-0.25, -0.2) is 26.3 Å². The van der Waals surface area contributed by atoms with E-state index in [0.717, 1.165) is 86.3 Å². The van der Waals surface area contributed by atoms with Crippen LogP contribution in [0.2, 0.25) is 0 Å². The first-order chi connectivity index (χ1) is 47.9. The summed E-state index contributed by atoms with van der Waals surface area (Å²) in [5.41, 5.74) is 10.6. The van der Waals surface area contributed by atoms with Crippen molar-refractivity contribution in [2.24, 2.45) is 47.3 Å². The molecule has 4 heterocycles. The quantitative estimate of drug-likeness (QED) is 0.114. The summed E-state index contributed by atoms with van der Waals surface area (Å²) in [6.07, 6.45) is 25.0. The van der Waals surface area contributed by atoms with Crippen LogP contribution in [0.3, 0.4) is 0 Å². The smallest absolute Gasteiger partial charge is 0.161 e. The monoisotopic (exact) mass is 1430 g/mol. The SMILES string of the molecule is CC1=CCC(C)CC1.CC1=CCC(C)CC1.CC1CCC(C)CC1.CC1CCC(C)OC1.CC1CCC(C)OC1.CC1COC(C)OC1.CC1COC(C)OC1.Cc1cc(F)c(C)c(F)c1.Cc1ccc(C)c(F)c1.Cc1ccc(C)c(F)c1.Cc1ccc(C)c(F)c1F.Cc1ccc(C)cc1. The van der Waals surface area contributed by atoms with E-state index in [4.69, 9.17) is 28.4 Å². The topological polar surface area (TPSA) is 55.4 Å². The molecule has 1 saturated carbocycles. The number of aryl methyl sites for hydroxylation is 9. The Balaban J connectivity index is 0.000000557. The van der Waals surface area contributed by atoms with E-state index in [1.54, 1.807) is 56.2 Å². The summed E-state index contributed by atoms with van der Waals surface area (Å²) in [6.45, 7) is 53.7. The maximum Gasteiger partial charge on any atom is 0.161 e. The Labute approximate surface area is 618 Å². The minimum Gasteiger partial charge on any atom is -0.378 e. The number of ether oxygens (including phenoxy) is 6. The Morgan fingerprint density at radius 2 is 0.539 bits per heavy atom. The molecule has 102 heavy (non-hydrogen) atoms. The summed E-state index contributed by atoms with van der Waals surface area (Å²) in [5, 5.41) is 0. The molecule has 0 spiro atoms. The molecule has 5 fully saturated rings. The summed E-state index contributed by atoms with van der Waals surface area (Å²) < 4.78 is 107. The molecule has 7 aliphatic rings. The molecule has 6 unspecified atom stereocenters. The van der Waals surface area contributed by atoms with Gasteiger partial charge in [0.05, 0.1) is 38.6 Å². The molecule has 6 nitrogen and oxygen atoms in total. The highest BCUT2D eigenvalue weighted by atomic mass is 19.2. The van der Waals surface area contributed by atoms with Gasteiger partial charge in [0.15, 0.2) is 24.2 Å². The number of hydrogen-bond donors (Lipinski definition) is 0. The minimum absolute atomic E-state index is 0.0196. The summed E-state index contributed by atoms with van der Waals surface area (Å²) >= 11 is 0. The highest BCUT2D eigenvalue weighted by molar-refractivity contribution is 5.26. The van der Waals surface area contributed by atoms with E-state index in [2.05, 4.69) is 133 Å². The van der Waals surface area contributed by atoms with Crippen LogP contribution in [-0.2, 0) is 28.4 Å². The Morgan fingerprint density at radius 1 is 0.265 bits per heavy atom. The molecule has 4 saturated heterocycles. The van der Waals surface area contributed by atoms with Gasteiger partial charge in [0.1, 0.15) is 23.3 Å². The third kappa shape index (κ3) is 46.7. The lowest BCUT2D eigenvalue weighted by atomic mass is 9.84. The maximum atomic E-state index is 12.6. The van der Waals surface area contributed by atoms with Gasteiger partial charge < -0.3 is 28.4 Å². The maximum absolute atomic E-state index is 12.6. The van der Waals surface area contributed by atoms with Gasteiger partial charge in [0.2, 0.25) is 0 Å². The van der Waals surface area contributed by atoms with Crippen LogP contribution in [0.5, 0.6) is 0 Å². The molecule has 0 N–H and O–H groups in total. The summed E-state index contributed by atoms with van der Waals surface area (Å²) in [5.74, 6) is 4.02. The van der Waals surface area contributed by atoms with Crippen molar-refractivity contribution in [1.82, 2.24) is 0 Å². The molecule has 6 atom stereocenters. The fourth-order valence-electron chi connectivity index (χ4n) is 10.6. The Bertz CT molecular complexity index is 2730. The highest BCUT2D eigenvalue weighted by Crippen LogP contribution is 2.28. The molecule has 5 aromatic carbocycles. The average Bonchev–Trinajstić information content (AvgIpc) is 0.873. The number of benzene rings is 5. The van der Waals surface area contributed by atoms with Gasteiger partial charge in [0, 0.05) is 30.6 Å². The van der Waals surface area contributed by atoms with Gasteiger partial charge in [-0.05, 0) is 274 Å². The van der Waals surface area contributed by atoms with E-state index in [1.165, 1.54) is 146 Å². The second-order valence-electron chi connectivity index (χ2n) is 30.9. The normalized spacial score (nSPS) is 24.6. The number of rotatable bonds is 0. The first-order valence-electron chi connectivity index (χ1n) is 38.3. The van der Waals surface area contributed by atoms with E-state index < -0.39 is 23.3 Å². The Kier molecular flexibility index (Phi) is 49.9. The third-order valence-electron chi connectivity index (χ3n) is 18.8. The van der Waals surface area contributed by atoms with E-state index in [0.29, 0.717) is 51.9 Å². The van der Waals surface area contributed by atoms with Crippen LogP contribution in [-0.4, -0.2) is 64.4 Å². The van der Waals surface area contributed by atoms with Crippen molar-refractivity contribution in [1.29, 1.82) is 0 Å². The van der Waals surface area contributed by atoms with Crippen LogP contribution in [0.1, 0.15) is 242 Å². The molecule has 4 aliphatic heterocycles. The molecule has 0 amide bonds. The zero-order chi connectivity index (χ0) is 77.0. The lowest BCUT2D eigenvalue weighted by Crippen LogP contribution is -2.27. The van der Waals surface area contributed by atoms with Crippen LogP contribution < -0.4 is 0 Å². The molecule has 0 bridgehead atoms. The summed E-state index contributed by atoms with van der Waals surface area (Å²) in [7, 11) is 0. The van der Waals surface area contributed by atoms with Crippen LogP contribution in [0.15, 0.2) is 108 Å². The molecular formula is C90H140F6O6. The summed E-state index contributed by atoms with van der Waals surface area (Å²) in [6, 6.07) is 24.7. The Morgan fingerprint density at radius 3 is 0.775 bits per heavy atom. The van der Waals surface area contributed by atoms with Gasteiger partial charge in [-0.3, -0.25) is 0 Å². The van der Waals surface area contributed by atoms with Crippen molar-refractivity contribution in [3.63, 3.8) is 0 Å². The van der Waals surface area contributed by atoms with E-state index in [-0.39, 0.29) is 29.8 Å². The predicted molar refractivity (Wildman–Crippen MR) is 418 cm³/mol. The van der Waals surface area contributed by atoms with Gasteiger partial charge >= 0.3 is 0 Å². The van der Waals surface area contributed by atoms with E-state index in [1.807, 2.05) is 39.8 Å². The predicted octanol–water partition coefficient (Wildman–Crippen LogP) is 26.4. The number of allylic oxidation sites excluding steroid dienone is 4. The zero-order valence-corrected chi connectivity index (χ0v) is 68.0. The third-order valence-corrected chi connectivity index (χ3v) is 18.8. The van der Waals surface area contributed by atoms with Crippen molar-refractivity contribution >= 4 is 0 Å². The lowest BCUT2D eigenvalue weighted by molar-refractivity contribution is -0.187. The minimum atomic E-state index is -0.736. The van der Waals surface area contributed by atoms with Gasteiger partial charge in [-0.2, -0.15) is 0 Å². The second-order valence-corrected chi connectivity index (χ2v) is 30.9. The number of halogens is 6.